The third kappa shape index (κ3) is 3.38. The second kappa shape index (κ2) is 5.82. The first-order valence-electron chi connectivity index (χ1n) is 6.92. The average molecular weight is 300 g/mol. The van der Waals surface area contributed by atoms with Crippen LogP contribution in [0.2, 0.25) is 0 Å². The van der Waals surface area contributed by atoms with Crippen molar-refractivity contribution in [2.75, 3.05) is 6.26 Å². The third-order valence-corrected chi connectivity index (χ3v) is 5.83. The van der Waals surface area contributed by atoms with Gasteiger partial charge in [-0.2, -0.15) is 0 Å². The molecule has 2 rings (SSSR count). The molecule has 1 fully saturated rings. The van der Waals surface area contributed by atoms with Crippen molar-refractivity contribution in [2.45, 2.75) is 44.0 Å². The first kappa shape index (κ1) is 15.4. The summed E-state index contributed by atoms with van der Waals surface area (Å²) in [6, 6.07) is 4.65. The molecule has 1 aliphatic rings. The van der Waals surface area contributed by atoms with E-state index in [9.17, 15) is 17.9 Å². The van der Waals surface area contributed by atoms with E-state index in [1.807, 2.05) is 6.92 Å². The molecule has 0 spiro atoms. The minimum atomic E-state index is -3.10. The van der Waals surface area contributed by atoms with Gasteiger partial charge in [0.25, 0.3) is 0 Å². The Kier molecular flexibility index (Phi) is 4.49. The molecule has 1 saturated carbocycles. The van der Waals surface area contributed by atoms with E-state index >= 15 is 0 Å². The quantitative estimate of drug-likeness (QED) is 0.934. The Bertz CT molecular complexity index is 583. The van der Waals surface area contributed by atoms with Gasteiger partial charge in [-0.1, -0.05) is 24.1 Å². The SMILES string of the molecule is Cc1ccc(F)c(C(O)C2CCCC(S(C)(=O)=O)C2)c1. The fourth-order valence-corrected chi connectivity index (χ4v) is 4.19. The monoisotopic (exact) mass is 300 g/mol. The van der Waals surface area contributed by atoms with E-state index in [0.29, 0.717) is 12.8 Å². The molecular formula is C15H21FO3S. The average Bonchev–Trinajstić information content (AvgIpc) is 2.40. The highest BCUT2D eigenvalue weighted by molar-refractivity contribution is 7.91. The molecule has 3 nitrogen and oxygen atoms in total. The summed E-state index contributed by atoms with van der Waals surface area (Å²) in [5.41, 5.74) is 1.17. The highest BCUT2D eigenvalue weighted by Crippen LogP contribution is 2.37. The minimum Gasteiger partial charge on any atom is -0.388 e. The van der Waals surface area contributed by atoms with Crippen molar-refractivity contribution >= 4 is 9.84 Å². The smallest absolute Gasteiger partial charge is 0.150 e. The predicted molar refractivity (Wildman–Crippen MR) is 76.7 cm³/mol. The molecule has 20 heavy (non-hydrogen) atoms. The number of rotatable bonds is 3. The first-order chi connectivity index (χ1) is 9.29. The van der Waals surface area contributed by atoms with E-state index in [-0.39, 0.29) is 11.5 Å². The summed E-state index contributed by atoms with van der Waals surface area (Å²) in [5.74, 6) is -0.621. The van der Waals surface area contributed by atoms with Crippen molar-refractivity contribution in [3.8, 4) is 0 Å². The number of benzene rings is 1. The van der Waals surface area contributed by atoms with E-state index in [2.05, 4.69) is 0 Å². The minimum absolute atomic E-state index is 0.195. The van der Waals surface area contributed by atoms with Crippen molar-refractivity contribution in [1.29, 1.82) is 0 Å². The van der Waals surface area contributed by atoms with Gasteiger partial charge in [0.2, 0.25) is 0 Å². The van der Waals surface area contributed by atoms with Crippen LogP contribution in [0.3, 0.4) is 0 Å². The van der Waals surface area contributed by atoms with Crippen LogP contribution in [0.15, 0.2) is 18.2 Å². The van der Waals surface area contributed by atoms with E-state index < -0.39 is 27.0 Å². The number of aliphatic hydroxyl groups is 1. The zero-order valence-electron chi connectivity index (χ0n) is 11.8. The lowest BCUT2D eigenvalue weighted by molar-refractivity contribution is 0.0824. The number of sulfone groups is 1. The molecule has 0 saturated heterocycles. The van der Waals surface area contributed by atoms with E-state index in [4.69, 9.17) is 0 Å². The van der Waals surface area contributed by atoms with Crippen LogP contribution in [0, 0.1) is 18.7 Å². The lowest BCUT2D eigenvalue weighted by atomic mass is 9.82. The van der Waals surface area contributed by atoms with Crippen LogP contribution in [0.5, 0.6) is 0 Å². The molecule has 0 aliphatic heterocycles. The third-order valence-electron chi connectivity index (χ3n) is 4.19. The molecule has 1 aliphatic carbocycles. The van der Waals surface area contributed by atoms with Gasteiger partial charge in [0, 0.05) is 11.8 Å². The van der Waals surface area contributed by atoms with Crippen LogP contribution in [0.1, 0.15) is 42.9 Å². The Morgan fingerprint density at radius 3 is 2.70 bits per heavy atom. The fourth-order valence-electron chi connectivity index (χ4n) is 3.00. The van der Waals surface area contributed by atoms with Crippen LogP contribution in [0.4, 0.5) is 4.39 Å². The first-order valence-corrected chi connectivity index (χ1v) is 8.87. The summed E-state index contributed by atoms with van der Waals surface area (Å²) in [4.78, 5) is 0. The molecule has 1 aromatic rings. The number of hydrogen-bond donors (Lipinski definition) is 1. The van der Waals surface area contributed by atoms with Gasteiger partial charge in [0.1, 0.15) is 15.7 Å². The normalized spacial score (nSPS) is 25.4. The van der Waals surface area contributed by atoms with Crippen LogP contribution >= 0.6 is 0 Å². The van der Waals surface area contributed by atoms with E-state index in [1.165, 1.54) is 12.3 Å². The largest absolute Gasteiger partial charge is 0.388 e. The summed E-state index contributed by atoms with van der Waals surface area (Å²) in [6.07, 6.45) is 2.85. The molecule has 112 valence electrons. The maximum Gasteiger partial charge on any atom is 0.150 e. The molecule has 3 atom stereocenters. The summed E-state index contributed by atoms with van der Waals surface area (Å²) in [5, 5.41) is 9.99. The molecule has 5 heteroatoms. The fraction of sp³-hybridized carbons (Fsp3) is 0.600. The van der Waals surface area contributed by atoms with Gasteiger partial charge in [0.05, 0.1) is 11.4 Å². The Morgan fingerprint density at radius 2 is 2.05 bits per heavy atom. The Hall–Kier alpha value is -0.940. The van der Waals surface area contributed by atoms with E-state index in [1.54, 1.807) is 12.1 Å². The van der Waals surface area contributed by atoms with Gasteiger partial charge in [-0.15, -0.1) is 0 Å². The van der Waals surface area contributed by atoms with Gasteiger partial charge >= 0.3 is 0 Å². The topological polar surface area (TPSA) is 54.4 Å². The summed E-state index contributed by atoms with van der Waals surface area (Å²) in [6.45, 7) is 1.84. The van der Waals surface area contributed by atoms with Crippen LogP contribution in [-0.2, 0) is 9.84 Å². The number of aryl methyl sites for hydroxylation is 1. The molecule has 0 amide bonds. The molecule has 3 unspecified atom stereocenters. The van der Waals surface area contributed by atoms with Gasteiger partial charge in [-0.05, 0) is 38.2 Å². The Labute approximate surface area is 119 Å². The zero-order chi connectivity index (χ0) is 14.9. The molecule has 0 heterocycles. The van der Waals surface area contributed by atoms with Gasteiger partial charge in [0.15, 0.2) is 0 Å². The molecule has 1 aromatic carbocycles. The van der Waals surface area contributed by atoms with E-state index in [0.717, 1.165) is 18.4 Å². The maximum absolute atomic E-state index is 13.8. The molecule has 1 N–H and O–H groups in total. The van der Waals surface area contributed by atoms with Crippen molar-refractivity contribution < 1.29 is 17.9 Å². The maximum atomic E-state index is 13.8. The van der Waals surface area contributed by atoms with Crippen molar-refractivity contribution in [1.82, 2.24) is 0 Å². The number of hydrogen-bond acceptors (Lipinski definition) is 3. The van der Waals surface area contributed by atoms with Crippen LogP contribution in [-0.4, -0.2) is 25.0 Å². The van der Waals surface area contributed by atoms with Crippen molar-refractivity contribution in [3.05, 3.63) is 35.1 Å². The van der Waals surface area contributed by atoms with Crippen molar-refractivity contribution in [3.63, 3.8) is 0 Å². The second-order valence-electron chi connectivity index (χ2n) is 5.85. The molecular weight excluding hydrogens is 279 g/mol. The van der Waals surface area contributed by atoms with Gasteiger partial charge in [-0.3, -0.25) is 0 Å². The summed E-state index contributed by atoms with van der Waals surface area (Å²) >= 11 is 0. The van der Waals surface area contributed by atoms with Crippen LogP contribution < -0.4 is 0 Å². The lowest BCUT2D eigenvalue weighted by Gasteiger charge is -2.31. The molecule has 0 radical (unpaired) electrons. The molecule has 0 bridgehead atoms. The Balaban J connectivity index is 2.20. The summed E-state index contributed by atoms with van der Waals surface area (Å²) in [7, 11) is -3.10. The Morgan fingerprint density at radius 1 is 1.35 bits per heavy atom. The lowest BCUT2D eigenvalue weighted by Crippen LogP contribution is -2.30. The van der Waals surface area contributed by atoms with Crippen LogP contribution in [0.25, 0.3) is 0 Å². The van der Waals surface area contributed by atoms with Gasteiger partial charge < -0.3 is 5.11 Å². The molecule has 0 aromatic heterocycles. The number of halogens is 1. The predicted octanol–water partition coefficient (Wildman–Crippen LogP) is 2.77. The highest BCUT2D eigenvalue weighted by Gasteiger charge is 2.33. The second-order valence-corrected chi connectivity index (χ2v) is 8.17. The van der Waals surface area contributed by atoms with Gasteiger partial charge in [-0.25, -0.2) is 12.8 Å². The standard InChI is InChI=1S/C15H21FO3S/c1-10-6-7-14(16)13(8-10)15(17)11-4-3-5-12(9-11)20(2,18)19/h6-8,11-12,15,17H,3-5,9H2,1-2H3. The highest BCUT2D eigenvalue weighted by atomic mass is 32.2. The zero-order valence-corrected chi connectivity index (χ0v) is 12.7. The number of aliphatic hydroxyl groups excluding tert-OH is 1. The van der Waals surface area contributed by atoms with Crippen molar-refractivity contribution in [2.24, 2.45) is 5.92 Å². The summed E-state index contributed by atoms with van der Waals surface area (Å²) < 4.78 is 37.1.